The standard InChI is InChI=1S/2C16H22O4.4C3H8O.Ti/c2*1-3-5-8-12(4-2)11-20-16(19)14-10-7-6-9-13(14)15(17)18;4*1-3(2)4;/h2*6-7,9-10,12H,3-5,8,11H2,1-2H3,(H,17,18);4*3-4H,1-2H3;. The molecule has 12 nitrogen and oxygen atoms in total. The van der Waals surface area contributed by atoms with Gasteiger partial charge in [0.15, 0.2) is 0 Å². The summed E-state index contributed by atoms with van der Waals surface area (Å²) in [5, 5.41) is 50.3. The molecule has 0 aromatic heterocycles. The number of esters is 2. The molecule has 2 unspecified atom stereocenters. The zero-order valence-electron chi connectivity index (χ0n) is 36.8. The third-order valence-corrected chi connectivity index (χ3v) is 6.74. The van der Waals surface area contributed by atoms with E-state index in [4.69, 9.17) is 40.1 Å². The molecule has 0 fully saturated rings. The van der Waals surface area contributed by atoms with E-state index in [9.17, 15) is 19.2 Å². The Morgan fingerprint density at radius 3 is 0.912 bits per heavy atom. The van der Waals surface area contributed by atoms with Crippen LogP contribution in [0.25, 0.3) is 0 Å². The Morgan fingerprint density at radius 2 is 0.719 bits per heavy atom. The molecular weight excluding hydrogens is 768 g/mol. The van der Waals surface area contributed by atoms with Crippen molar-refractivity contribution in [2.45, 2.75) is 159 Å². The predicted octanol–water partition coefficient (Wildman–Crippen LogP) is 9.06. The minimum Gasteiger partial charge on any atom is -0.478 e. The number of carboxylic acids is 2. The van der Waals surface area contributed by atoms with Crippen LogP contribution >= 0.6 is 0 Å². The number of carbonyl (C=O) groups is 4. The van der Waals surface area contributed by atoms with Gasteiger partial charge in [-0.2, -0.15) is 0 Å². The summed E-state index contributed by atoms with van der Waals surface area (Å²) in [6, 6.07) is 12.2. The molecule has 57 heavy (non-hydrogen) atoms. The normalized spacial score (nSPS) is 10.9. The van der Waals surface area contributed by atoms with Crippen molar-refractivity contribution in [3.63, 3.8) is 0 Å². The smallest absolute Gasteiger partial charge is 0.339 e. The van der Waals surface area contributed by atoms with Crippen LogP contribution in [-0.2, 0) is 31.2 Å². The van der Waals surface area contributed by atoms with Crippen molar-refractivity contribution in [2.24, 2.45) is 11.8 Å². The predicted molar refractivity (Wildman–Crippen MR) is 223 cm³/mol. The van der Waals surface area contributed by atoms with Gasteiger partial charge in [0.2, 0.25) is 0 Å². The molecule has 328 valence electrons. The third kappa shape index (κ3) is 42.3. The topological polar surface area (TPSA) is 208 Å². The minimum atomic E-state index is -1.12. The zero-order chi connectivity index (χ0) is 44.2. The molecule has 0 bridgehead atoms. The Labute approximate surface area is 358 Å². The van der Waals surface area contributed by atoms with Gasteiger partial charge in [-0.05, 0) is 104 Å². The van der Waals surface area contributed by atoms with Crippen molar-refractivity contribution in [1.82, 2.24) is 0 Å². The van der Waals surface area contributed by atoms with Crippen LogP contribution in [0.4, 0.5) is 0 Å². The van der Waals surface area contributed by atoms with Crippen molar-refractivity contribution in [2.75, 3.05) is 13.2 Å². The molecule has 2 atom stereocenters. The van der Waals surface area contributed by atoms with E-state index >= 15 is 0 Å². The Balaban J connectivity index is -0.000000227. The fourth-order valence-electron chi connectivity index (χ4n) is 4.03. The molecule has 0 saturated heterocycles. The number of aliphatic hydroxyl groups is 4. The number of carboxylic acid groups (broad SMARTS) is 2. The number of aliphatic hydroxyl groups excluding tert-OH is 4. The number of aromatic carboxylic acids is 2. The van der Waals surface area contributed by atoms with Crippen molar-refractivity contribution in [1.29, 1.82) is 0 Å². The van der Waals surface area contributed by atoms with E-state index in [0.29, 0.717) is 25.0 Å². The van der Waals surface area contributed by atoms with Gasteiger partial charge in [0.1, 0.15) is 0 Å². The Hall–Kier alpha value is -3.13. The SMILES string of the molecule is CC(C)O.CC(C)O.CC(C)O.CC(C)O.CCCCC(CC)COC(=O)c1ccccc1C(=O)O.CCCCC(CC)COC(=O)c1ccccc1C(=O)O.[Ti]. The van der Waals surface area contributed by atoms with Gasteiger partial charge in [-0.1, -0.05) is 90.5 Å². The van der Waals surface area contributed by atoms with Gasteiger partial charge in [-0.3, -0.25) is 0 Å². The van der Waals surface area contributed by atoms with Crippen LogP contribution in [0, 0.1) is 11.8 Å². The monoisotopic (exact) mass is 844 g/mol. The van der Waals surface area contributed by atoms with Crippen LogP contribution in [0.2, 0.25) is 0 Å². The molecular formula is C44H76O12Ti. The number of carbonyl (C=O) groups excluding carboxylic acids is 2. The second-order valence-corrected chi connectivity index (χ2v) is 14.1. The number of hydrogen-bond donors (Lipinski definition) is 6. The molecule has 2 aromatic carbocycles. The molecule has 0 radical (unpaired) electrons. The number of unbranched alkanes of at least 4 members (excludes halogenated alkanes) is 2. The summed E-state index contributed by atoms with van der Waals surface area (Å²) in [4.78, 5) is 46.1. The summed E-state index contributed by atoms with van der Waals surface area (Å²) in [7, 11) is 0. The van der Waals surface area contributed by atoms with E-state index in [2.05, 4.69) is 27.7 Å². The summed E-state index contributed by atoms with van der Waals surface area (Å²) in [6.07, 6.45) is 7.76. The number of ether oxygens (including phenoxy) is 2. The average Bonchev–Trinajstić information content (AvgIpc) is 3.11. The molecule has 2 aromatic rings. The molecule has 6 N–H and O–H groups in total. The first-order chi connectivity index (χ1) is 26.1. The van der Waals surface area contributed by atoms with Gasteiger partial charge in [0.05, 0.1) is 35.5 Å². The number of rotatable bonds is 16. The summed E-state index contributed by atoms with van der Waals surface area (Å²) in [5.74, 6) is -2.66. The second kappa shape index (κ2) is 41.0. The molecule has 0 aliphatic rings. The Bertz CT molecular complexity index is 1160. The molecule has 0 aliphatic carbocycles. The van der Waals surface area contributed by atoms with E-state index in [-0.39, 0.29) is 68.4 Å². The summed E-state index contributed by atoms with van der Waals surface area (Å²) < 4.78 is 10.5. The van der Waals surface area contributed by atoms with Crippen molar-refractivity contribution >= 4 is 23.9 Å². The largest absolute Gasteiger partial charge is 0.478 e. The molecule has 2 rings (SSSR count). The van der Waals surface area contributed by atoms with Gasteiger partial charge in [-0.15, -0.1) is 0 Å². The maximum Gasteiger partial charge on any atom is 0.339 e. The van der Waals surface area contributed by atoms with Crippen LogP contribution in [0.5, 0.6) is 0 Å². The summed E-state index contributed by atoms with van der Waals surface area (Å²) in [5.41, 5.74) is 0.203. The maximum atomic E-state index is 12.0. The van der Waals surface area contributed by atoms with Crippen molar-refractivity contribution in [3.05, 3.63) is 70.8 Å². The zero-order valence-corrected chi connectivity index (χ0v) is 38.3. The maximum absolute atomic E-state index is 12.0. The Kier molecular flexibility index (Phi) is 45.4. The number of benzene rings is 2. The minimum absolute atomic E-state index is 0. The van der Waals surface area contributed by atoms with E-state index in [1.807, 2.05) is 0 Å². The van der Waals surface area contributed by atoms with E-state index in [0.717, 1.165) is 51.4 Å². The first-order valence-corrected chi connectivity index (χ1v) is 19.8. The molecule has 0 amide bonds. The van der Waals surface area contributed by atoms with E-state index in [1.54, 1.807) is 79.7 Å². The van der Waals surface area contributed by atoms with Crippen LogP contribution in [0.3, 0.4) is 0 Å². The summed E-state index contributed by atoms with van der Waals surface area (Å²) >= 11 is 0. The first kappa shape index (κ1) is 63.1. The summed E-state index contributed by atoms with van der Waals surface area (Å²) in [6.45, 7) is 22.9. The quantitative estimate of drug-likeness (QED) is 0.0691. The van der Waals surface area contributed by atoms with Gasteiger partial charge in [-0.25, -0.2) is 19.2 Å². The van der Waals surface area contributed by atoms with Crippen LogP contribution in [-0.4, -0.2) is 92.1 Å². The molecule has 13 heteroatoms. The van der Waals surface area contributed by atoms with E-state index in [1.165, 1.54) is 24.3 Å². The Morgan fingerprint density at radius 1 is 0.491 bits per heavy atom. The van der Waals surface area contributed by atoms with Gasteiger partial charge in [0, 0.05) is 46.1 Å². The van der Waals surface area contributed by atoms with Gasteiger partial charge < -0.3 is 40.1 Å². The number of hydrogen-bond acceptors (Lipinski definition) is 10. The van der Waals surface area contributed by atoms with Crippen molar-refractivity contribution in [3.8, 4) is 0 Å². The van der Waals surface area contributed by atoms with E-state index < -0.39 is 23.9 Å². The van der Waals surface area contributed by atoms with Crippen LogP contribution in [0.1, 0.15) is 176 Å². The average molecular weight is 845 g/mol. The fraction of sp³-hybridized carbons (Fsp3) is 0.636. The molecule has 0 spiro atoms. The molecule has 0 heterocycles. The van der Waals surface area contributed by atoms with Gasteiger partial charge in [0.25, 0.3) is 0 Å². The first-order valence-electron chi connectivity index (χ1n) is 19.8. The van der Waals surface area contributed by atoms with Crippen LogP contribution < -0.4 is 0 Å². The third-order valence-electron chi connectivity index (χ3n) is 6.74. The second-order valence-electron chi connectivity index (χ2n) is 14.1. The fourth-order valence-corrected chi connectivity index (χ4v) is 4.03. The molecule has 0 aliphatic heterocycles. The van der Waals surface area contributed by atoms with Crippen LogP contribution in [0.15, 0.2) is 48.5 Å². The van der Waals surface area contributed by atoms with Gasteiger partial charge >= 0.3 is 23.9 Å². The molecule has 0 saturated carbocycles. The van der Waals surface area contributed by atoms with Crippen molar-refractivity contribution < 1.29 is 81.0 Å².